The molecule has 1 fully saturated rings. The fourth-order valence-electron chi connectivity index (χ4n) is 2.81. The maximum Gasteiger partial charge on any atom is 0.0667 e. The summed E-state index contributed by atoms with van der Waals surface area (Å²) in [6.07, 6.45) is 8.39. The maximum atomic E-state index is 9.99. The Labute approximate surface area is 106 Å². The van der Waals surface area contributed by atoms with Gasteiger partial charge in [0.2, 0.25) is 0 Å². The Bertz CT molecular complexity index is 175. The first-order valence-electron chi connectivity index (χ1n) is 7.16. The lowest BCUT2D eigenvalue weighted by molar-refractivity contribution is 0.119. The van der Waals surface area contributed by atoms with Crippen molar-refractivity contribution in [3.05, 3.63) is 0 Å². The van der Waals surface area contributed by atoms with Crippen molar-refractivity contribution in [1.29, 1.82) is 0 Å². The van der Waals surface area contributed by atoms with Gasteiger partial charge in [0.1, 0.15) is 0 Å². The first-order valence-corrected chi connectivity index (χ1v) is 7.16. The summed E-state index contributed by atoms with van der Waals surface area (Å²) >= 11 is 0. The summed E-state index contributed by atoms with van der Waals surface area (Å²) in [5, 5.41) is 13.4. The summed E-state index contributed by atoms with van der Waals surface area (Å²) in [6, 6.07) is 0.392. The molecule has 1 rings (SSSR count). The van der Waals surface area contributed by atoms with Crippen LogP contribution in [0.3, 0.4) is 0 Å². The summed E-state index contributed by atoms with van der Waals surface area (Å²) < 4.78 is 5.18. The highest BCUT2D eigenvalue weighted by atomic mass is 16.5. The molecule has 1 saturated carbocycles. The van der Waals surface area contributed by atoms with Gasteiger partial charge in [0.25, 0.3) is 0 Å². The second kappa shape index (κ2) is 8.90. The molecular formula is C14H29NO2. The second-order valence-corrected chi connectivity index (χ2v) is 5.39. The van der Waals surface area contributed by atoms with Crippen molar-refractivity contribution in [3.63, 3.8) is 0 Å². The van der Waals surface area contributed by atoms with Gasteiger partial charge in [-0.3, -0.25) is 0 Å². The van der Waals surface area contributed by atoms with Crippen molar-refractivity contribution in [1.82, 2.24) is 5.32 Å². The monoisotopic (exact) mass is 243 g/mol. The molecule has 0 saturated heterocycles. The third kappa shape index (κ3) is 6.39. The summed E-state index contributed by atoms with van der Waals surface area (Å²) in [5.74, 6) is 0.763. The van der Waals surface area contributed by atoms with Crippen LogP contribution >= 0.6 is 0 Å². The zero-order valence-electron chi connectivity index (χ0n) is 11.5. The topological polar surface area (TPSA) is 41.5 Å². The van der Waals surface area contributed by atoms with Crippen molar-refractivity contribution in [3.8, 4) is 0 Å². The summed E-state index contributed by atoms with van der Waals surface area (Å²) in [7, 11) is 1.74. The molecule has 3 heteroatoms. The minimum Gasteiger partial charge on any atom is -0.392 e. The molecule has 0 aromatic heterocycles. The third-order valence-electron chi connectivity index (χ3n) is 3.73. The van der Waals surface area contributed by atoms with Crippen LogP contribution in [-0.4, -0.2) is 37.5 Å². The van der Waals surface area contributed by atoms with Gasteiger partial charge in [0, 0.05) is 19.7 Å². The standard InChI is InChI=1S/C14H29NO2/c1-3-6-13(11-17-2)15-10-14(16)9-12-7-4-5-8-12/h12-16H,3-11H2,1-2H3. The Morgan fingerprint density at radius 3 is 2.65 bits per heavy atom. The maximum absolute atomic E-state index is 9.99. The number of ether oxygens (including phenoxy) is 1. The number of hydrogen-bond acceptors (Lipinski definition) is 3. The molecule has 0 amide bonds. The van der Waals surface area contributed by atoms with Crippen LogP contribution in [0.4, 0.5) is 0 Å². The van der Waals surface area contributed by atoms with Crippen LogP contribution in [0.15, 0.2) is 0 Å². The molecule has 0 aliphatic heterocycles. The Hall–Kier alpha value is -0.120. The molecule has 0 aromatic rings. The van der Waals surface area contributed by atoms with Crippen LogP contribution < -0.4 is 5.32 Å². The van der Waals surface area contributed by atoms with E-state index in [0.717, 1.165) is 31.8 Å². The Balaban J connectivity index is 2.13. The molecule has 17 heavy (non-hydrogen) atoms. The zero-order chi connectivity index (χ0) is 12.5. The highest BCUT2D eigenvalue weighted by Crippen LogP contribution is 2.28. The molecule has 2 atom stereocenters. The Kier molecular flexibility index (Phi) is 7.82. The van der Waals surface area contributed by atoms with Gasteiger partial charge < -0.3 is 15.2 Å². The van der Waals surface area contributed by atoms with Crippen LogP contribution in [0, 0.1) is 5.92 Å². The lowest BCUT2D eigenvalue weighted by atomic mass is 10.00. The van der Waals surface area contributed by atoms with E-state index in [-0.39, 0.29) is 6.10 Å². The van der Waals surface area contributed by atoms with Gasteiger partial charge in [-0.15, -0.1) is 0 Å². The van der Waals surface area contributed by atoms with E-state index >= 15 is 0 Å². The van der Waals surface area contributed by atoms with E-state index in [1.165, 1.54) is 25.7 Å². The van der Waals surface area contributed by atoms with Crippen LogP contribution in [-0.2, 0) is 4.74 Å². The van der Waals surface area contributed by atoms with E-state index in [9.17, 15) is 5.11 Å². The average Bonchev–Trinajstić information content (AvgIpc) is 2.79. The van der Waals surface area contributed by atoms with Crippen molar-refractivity contribution in [2.75, 3.05) is 20.3 Å². The van der Waals surface area contributed by atoms with Crippen LogP contribution in [0.1, 0.15) is 51.9 Å². The first kappa shape index (κ1) is 14.9. The van der Waals surface area contributed by atoms with Gasteiger partial charge >= 0.3 is 0 Å². The normalized spacial score (nSPS) is 20.6. The number of rotatable bonds is 9. The smallest absolute Gasteiger partial charge is 0.0667 e. The Morgan fingerprint density at radius 2 is 2.06 bits per heavy atom. The van der Waals surface area contributed by atoms with Gasteiger partial charge in [0.05, 0.1) is 12.7 Å². The third-order valence-corrected chi connectivity index (χ3v) is 3.73. The molecular weight excluding hydrogens is 214 g/mol. The molecule has 0 bridgehead atoms. The molecule has 0 radical (unpaired) electrons. The first-order chi connectivity index (χ1) is 8.26. The number of aliphatic hydroxyl groups excluding tert-OH is 1. The molecule has 1 aliphatic rings. The molecule has 0 spiro atoms. The van der Waals surface area contributed by atoms with Crippen LogP contribution in [0.25, 0.3) is 0 Å². The fourth-order valence-corrected chi connectivity index (χ4v) is 2.81. The molecule has 1 aliphatic carbocycles. The molecule has 0 heterocycles. The largest absolute Gasteiger partial charge is 0.392 e. The highest BCUT2D eigenvalue weighted by molar-refractivity contribution is 4.74. The molecule has 3 nitrogen and oxygen atoms in total. The minimum atomic E-state index is -0.186. The van der Waals surface area contributed by atoms with Crippen LogP contribution in [0.2, 0.25) is 0 Å². The van der Waals surface area contributed by atoms with Gasteiger partial charge in [0.15, 0.2) is 0 Å². The van der Waals surface area contributed by atoms with E-state index < -0.39 is 0 Å². The zero-order valence-corrected chi connectivity index (χ0v) is 11.5. The van der Waals surface area contributed by atoms with Gasteiger partial charge in [-0.2, -0.15) is 0 Å². The van der Waals surface area contributed by atoms with E-state index in [2.05, 4.69) is 12.2 Å². The number of nitrogens with one attached hydrogen (secondary N) is 1. The second-order valence-electron chi connectivity index (χ2n) is 5.39. The molecule has 2 unspecified atom stereocenters. The van der Waals surface area contributed by atoms with Gasteiger partial charge in [-0.05, 0) is 18.8 Å². The predicted molar refractivity (Wildman–Crippen MR) is 71.2 cm³/mol. The quantitative estimate of drug-likeness (QED) is 0.653. The lowest BCUT2D eigenvalue weighted by Gasteiger charge is -2.21. The van der Waals surface area contributed by atoms with Crippen LogP contribution in [0.5, 0.6) is 0 Å². The summed E-state index contributed by atoms with van der Waals surface area (Å²) in [4.78, 5) is 0. The number of hydrogen-bond donors (Lipinski definition) is 2. The predicted octanol–water partition coefficient (Wildman–Crippen LogP) is 2.33. The fraction of sp³-hybridized carbons (Fsp3) is 1.00. The highest BCUT2D eigenvalue weighted by Gasteiger charge is 2.19. The van der Waals surface area contributed by atoms with E-state index in [1.54, 1.807) is 7.11 Å². The van der Waals surface area contributed by atoms with Crippen molar-refractivity contribution in [2.45, 2.75) is 64.0 Å². The molecule has 2 N–H and O–H groups in total. The van der Waals surface area contributed by atoms with Crippen molar-refractivity contribution >= 4 is 0 Å². The van der Waals surface area contributed by atoms with E-state index in [4.69, 9.17) is 4.74 Å². The SMILES string of the molecule is CCCC(COC)NCC(O)CC1CCCC1. The van der Waals surface area contributed by atoms with Gasteiger partial charge in [-0.25, -0.2) is 0 Å². The number of methoxy groups -OCH3 is 1. The molecule has 102 valence electrons. The van der Waals surface area contributed by atoms with Crippen molar-refractivity contribution < 1.29 is 9.84 Å². The minimum absolute atomic E-state index is 0.186. The van der Waals surface area contributed by atoms with Crippen molar-refractivity contribution in [2.24, 2.45) is 5.92 Å². The Morgan fingerprint density at radius 1 is 1.35 bits per heavy atom. The number of aliphatic hydroxyl groups is 1. The molecule has 0 aromatic carbocycles. The summed E-state index contributed by atoms with van der Waals surface area (Å²) in [6.45, 7) is 3.63. The lowest BCUT2D eigenvalue weighted by Crippen LogP contribution is -2.38. The van der Waals surface area contributed by atoms with Gasteiger partial charge in [-0.1, -0.05) is 39.0 Å². The summed E-state index contributed by atoms with van der Waals surface area (Å²) in [5.41, 5.74) is 0. The van der Waals surface area contributed by atoms with E-state index in [1.807, 2.05) is 0 Å². The average molecular weight is 243 g/mol. The van der Waals surface area contributed by atoms with E-state index in [0.29, 0.717) is 12.6 Å².